The second kappa shape index (κ2) is 8.70. The Morgan fingerprint density at radius 2 is 1.85 bits per heavy atom. The van der Waals surface area contributed by atoms with Gasteiger partial charge in [0.2, 0.25) is 0 Å². The first-order valence-corrected chi connectivity index (χ1v) is 9.33. The lowest BCUT2D eigenvalue weighted by Gasteiger charge is -2.36. The van der Waals surface area contributed by atoms with Gasteiger partial charge in [-0.3, -0.25) is 4.79 Å². The number of aromatic nitrogens is 2. The maximum absolute atomic E-state index is 12.7. The fourth-order valence-corrected chi connectivity index (χ4v) is 3.05. The Kier molecular flexibility index (Phi) is 6.11. The largest absolute Gasteiger partial charge is 0.495 e. The van der Waals surface area contributed by atoms with Gasteiger partial charge in [0.05, 0.1) is 12.8 Å². The zero-order valence-electron chi connectivity index (χ0n) is 16.2. The van der Waals surface area contributed by atoms with Gasteiger partial charge in [0.1, 0.15) is 11.6 Å². The van der Waals surface area contributed by atoms with Crippen molar-refractivity contribution in [3.63, 3.8) is 0 Å². The lowest BCUT2D eigenvalue weighted by molar-refractivity contribution is 0.0739. The Morgan fingerprint density at radius 1 is 1.11 bits per heavy atom. The van der Waals surface area contributed by atoms with E-state index >= 15 is 0 Å². The molecule has 7 nitrogen and oxygen atoms in total. The van der Waals surface area contributed by atoms with Crippen molar-refractivity contribution < 1.29 is 9.53 Å². The van der Waals surface area contributed by atoms with E-state index in [1.54, 1.807) is 13.2 Å². The summed E-state index contributed by atoms with van der Waals surface area (Å²) < 4.78 is 5.44. The standard InChI is InChI=1S/C20H27N5O2/c1-15(2)14-21-19-9-8-16(22-23-19)20(26)25-12-10-24(11-13-25)17-6-4-5-7-18(17)27-3/h4-9,15H,10-14H2,1-3H3,(H,21,23). The van der Waals surface area contributed by atoms with Gasteiger partial charge in [-0.25, -0.2) is 0 Å². The zero-order chi connectivity index (χ0) is 19.2. The summed E-state index contributed by atoms with van der Waals surface area (Å²) in [6.45, 7) is 7.89. The molecule has 0 radical (unpaired) electrons. The highest BCUT2D eigenvalue weighted by atomic mass is 16.5. The van der Waals surface area contributed by atoms with E-state index in [2.05, 4.69) is 34.3 Å². The Labute approximate surface area is 160 Å². The van der Waals surface area contributed by atoms with E-state index < -0.39 is 0 Å². The quantitative estimate of drug-likeness (QED) is 0.844. The van der Waals surface area contributed by atoms with Gasteiger partial charge in [0.15, 0.2) is 5.69 Å². The van der Waals surface area contributed by atoms with Gasteiger partial charge in [-0.15, -0.1) is 10.2 Å². The molecule has 144 valence electrons. The molecule has 27 heavy (non-hydrogen) atoms. The van der Waals surface area contributed by atoms with E-state index in [0.29, 0.717) is 30.5 Å². The third kappa shape index (κ3) is 4.67. The molecule has 1 amide bonds. The summed E-state index contributed by atoms with van der Waals surface area (Å²) in [5, 5.41) is 11.4. The molecule has 0 atom stereocenters. The second-order valence-corrected chi connectivity index (χ2v) is 7.03. The van der Waals surface area contributed by atoms with Crippen LogP contribution in [0.2, 0.25) is 0 Å². The minimum absolute atomic E-state index is 0.0717. The molecule has 2 heterocycles. The molecule has 1 aromatic heterocycles. The van der Waals surface area contributed by atoms with Gasteiger partial charge in [-0.1, -0.05) is 26.0 Å². The van der Waals surface area contributed by atoms with Crippen molar-refractivity contribution in [1.29, 1.82) is 0 Å². The van der Waals surface area contributed by atoms with E-state index in [1.807, 2.05) is 35.2 Å². The number of nitrogens with one attached hydrogen (secondary N) is 1. The number of hydrogen-bond acceptors (Lipinski definition) is 6. The first-order valence-electron chi connectivity index (χ1n) is 9.33. The average molecular weight is 369 g/mol. The summed E-state index contributed by atoms with van der Waals surface area (Å²) >= 11 is 0. The van der Waals surface area contributed by atoms with Crippen LogP contribution >= 0.6 is 0 Å². The Balaban J connectivity index is 1.58. The van der Waals surface area contributed by atoms with Crippen LogP contribution in [-0.2, 0) is 0 Å². The molecule has 1 N–H and O–H groups in total. The van der Waals surface area contributed by atoms with E-state index in [-0.39, 0.29) is 5.91 Å². The predicted molar refractivity (Wildman–Crippen MR) is 106 cm³/mol. The maximum atomic E-state index is 12.7. The van der Waals surface area contributed by atoms with E-state index in [9.17, 15) is 4.79 Å². The van der Waals surface area contributed by atoms with E-state index in [4.69, 9.17) is 4.74 Å². The molecule has 2 aromatic rings. The van der Waals surface area contributed by atoms with Crippen LogP contribution in [0.4, 0.5) is 11.5 Å². The first-order chi connectivity index (χ1) is 13.1. The van der Waals surface area contributed by atoms with Crippen LogP contribution in [0.1, 0.15) is 24.3 Å². The van der Waals surface area contributed by atoms with Gasteiger partial charge in [-0.05, 0) is 30.2 Å². The minimum atomic E-state index is -0.0717. The Hall–Kier alpha value is -2.83. The van der Waals surface area contributed by atoms with Gasteiger partial charge in [0.25, 0.3) is 5.91 Å². The molecule has 3 rings (SSSR count). The van der Waals surface area contributed by atoms with Gasteiger partial charge >= 0.3 is 0 Å². The Bertz CT molecular complexity index is 755. The number of benzene rings is 1. The highest BCUT2D eigenvalue weighted by molar-refractivity contribution is 5.92. The molecule has 0 aliphatic carbocycles. The summed E-state index contributed by atoms with van der Waals surface area (Å²) in [7, 11) is 1.68. The topological polar surface area (TPSA) is 70.6 Å². The summed E-state index contributed by atoms with van der Waals surface area (Å²) in [6.07, 6.45) is 0. The summed E-state index contributed by atoms with van der Waals surface area (Å²) in [5.41, 5.74) is 1.45. The van der Waals surface area contributed by atoms with Crippen LogP contribution in [0, 0.1) is 5.92 Å². The zero-order valence-corrected chi connectivity index (χ0v) is 16.2. The molecular formula is C20H27N5O2. The lowest BCUT2D eigenvalue weighted by atomic mass is 10.2. The van der Waals surface area contributed by atoms with Gasteiger partial charge < -0.3 is 19.9 Å². The molecular weight excluding hydrogens is 342 g/mol. The van der Waals surface area contributed by atoms with Crippen LogP contribution in [0.5, 0.6) is 5.75 Å². The maximum Gasteiger partial charge on any atom is 0.274 e. The number of anilines is 2. The van der Waals surface area contributed by atoms with Crippen molar-refractivity contribution in [3.8, 4) is 5.75 Å². The van der Waals surface area contributed by atoms with Crippen molar-refractivity contribution in [1.82, 2.24) is 15.1 Å². The number of carbonyl (C=O) groups excluding carboxylic acids is 1. The average Bonchev–Trinajstić information content (AvgIpc) is 2.72. The fraction of sp³-hybridized carbons (Fsp3) is 0.450. The third-order valence-corrected chi connectivity index (χ3v) is 4.57. The van der Waals surface area contributed by atoms with Crippen molar-refractivity contribution in [2.45, 2.75) is 13.8 Å². The van der Waals surface area contributed by atoms with Gasteiger partial charge in [-0.2, -0.15) is 0 Å². The van der Waals surface area contributed by atoms with Crippen molar-refractivity contribution in [2.24, 2.45) is 5.92 Å². The molecule has 0 bridgehead atoms. The molecule has 0 spiro atoms. The summed E-state index contributed by atoms with van der Waals surface area (Å²) in [4.78, 5) is 16.8. The summed E-state index contributed by atoms with van der Waals surface area (Å²) in [5.74, 6) is 2.00. The van der Waals surface area contributed by atoms with Gasteiger partial charge in [0, 0.05) is 32.7 Å². The second-order valence-electron chi connectivity index (χ2n) is 7.03. The molecule has 1 aliphatic heterocycles. The number of ether oxygens (including phenoxy) is 1. The molecule has 1 saturated heterocycles. The number of methoxy groups -OCH3 is 1. The SMILES string of the molecule is COc1ccccc1N1CCN(C(=O)c2ccc(NCC(C)C)nn2)CC1. The number of nitrogens with zero attached hydrogens (tertiary/aromatic N) is 4. The molecule has 1 fully saturated rings. The number of piperazine rings is 1. The minimum Gasteiger partial charge on any atom is -0.495 e. The third-order valence-electron chi connectivity index (χ3n) is 4.57. The molecule has 0 saturated carbocycles. The molecule has 7 heteroatoms. The fourth-order valence-electron chi connectivity index (χ4n) is 3.05. The van der Waals surface area contributed by atoms with Crippen molar-refractivity contribution >= 4 is 17.4 Å². The normalized spacial score (nSPS) is 14.4. The molecule has 1 aliphatic rings. The molecule has 1 aromatic carbocycles. The Morgan fingerprint density at radius 3 is 2.48 bits per heavy atom. The van der Waals surface area contributed by atoms with Crippen molar-refractivity contribution in [2.75, 3.05) is 50.1 Å². The summed E-state index contributed by atoms with van der Waals surface area (Å²) in [6, 6.07) is 11.5. The van der Waals surface area contributed by atoms with Crippen LogP contribution in [0.25, 0.3) is 0 Å². The first kappa shape index (κ1) is 18.9. The van der Waals surface area contributed by atoms with Crippen LogP contribution in [0.3, 0.4) is 0 Å². The number of rotatable bonds is 6. The van der Waals surface area contributed by atoms with Crippen LogP contribution in [-0.4, -0.2) is 60.8 Å². The predicted octanol–water partition coefficient (Wildman–Crippen LogP) is 2.52. The van der Waals surface area contributed by atoms with Crippen LogP contribution in [0.15, 0.2) is 36.4 Å². The lowest BCUT2D eigenvalue weighted by Crippen LogP contribution is -2.49. The van der Waals surface area contributed by atoms with Crippen LogP contribution < -0.4 is 15.0 Å². The highest BCUT2D eigenvalue weighted by Gasteiger charge is 2.24. The van der Waals surface area contributed by atoms with Crippen molar-refractivity contribution in [3.05, 3.63) is 42.1 Å². The smallest absolute Gasteiger partial charge is 0.274 e. The monoisotopic (exact) mass is 369 g/mol. The van der Waals surface area contributed by atoms with E-state index in [1.165, 1.54) is 0 Å². The number of amides is 1. The number of carbonyl (C=O) groups is 1. The molecule has 0 unspecified atom stereocenters. The number of hydrogen-bond donors (Lipinski definition) is 1. The van der Waals surface area contributed by atoms with E-state index in [0.717, 1.165) is 31.1 Å². The number of para-hydroxylation sites is 2. The highest BCUT2D eigenvalue weighted by Crippen LogP contribution is 2.28.